The standard InChI is InChI=1S/C13H17ClO/c1-3-11(4-2)13(15)9-10-6-5-7-12(14)8-10/h5-8,11H,3-4,9H2,1-2H3. The van der Waals surface area contributed by atoms with Crippen LogP contribution in [0, 0.1) is 5.92 Å². The second-order valence-corrected chi connectivity index (χ2v) is 4.22. The third kappa shape index (κ3) is 3.67. The van der Waals surface area contributed by atoms with Gasteiger partial charge < -0.3 is 0 Å². The molecule has 1 rings (SSSR count). The number of carbonyl (C=O) groups excluding carboxylic acids is 1. The molecular weight excluding hydrogens is 208 g/mol. The third-order valence-electron chi connectivity index (χ3n) is 2.71. The molecule has 0 amide bonds. The zero-order valence-corrected chi connectivity index (χ0v) is 10.1. The minimum Gasteiger partial charge on any atom is -0.299 e. The summed E-state index contributed by atoms with van der Waals surface area (Å²) >= 11 is 5.86. The van der Waals surface area contributed by atoms with Crippen LogP contribution in [0.3, 0.4) is 0 Å². The lowest BCUT2D eigenvalue weighted by Crippen LogP contribution is -2.15. The van der Waals surface area contributed by atoms with Crippen LogP contribution in [0.4, 0.5) is 0 Å². The van der Waals surface area contributed by atoms with Gasteiger partial charge >= 0.3 is 0 Å². The van der Waals surface area contributed by atoms with E-state index in [9.17, 15) is 4.79 Å². The highest BCUT2D eigenvalue weighted by Crippen LogP contribution is 2.15. The third-order valence-corrected chi connectivity index (χ3v) is 2.94. The number of Topliss-reactive ketones (excluding diaryl/α,β-unsaturated/α-hetero) is 1. The largest absolute Gasteiger partial charge is 0.299 e. The first kappa shape index (κ1) is 12.3. The van der Waals surface area contributed by atoms with Crippen molar-refractivity contribution >= 4 is 17.4 Å². The summed E-state index contributed by atoms with van der Waals surface area (Å²) in [6.07, 6.45) is 2.36. The van der Waals surface area contributed by atoms with Gasteiger partial charge in [-0.1, -0.05) is 37.6 Å². The molecule has 15 heavy (non-hydrogen) atoms. The lowest BCUT2D eigenvalue weighted by molar-refractivity contribution is -0.122. The highest BCUT2D eigenvalue weighted by molar-refractivity contribution is 6.30. The molecule has 0 saturated carbocycles. The molecule has 0 fully saturated rings. The molecule has 0 saturated heterocycles. The van der Waals surface area contributed by atoms with Gasteiger partial charge in [0.2, 0.25) is 0 Å². The maximum absolute atomic E-state index is 11.8. The fraction of sp³-hybridized carbons (Fsp3) is 0.462. The van der Waals surface area contributed by atoms with Crippen molar-refractivity contribution in [2.24, 2.45) is 5.92 Å². The number of hydrogen-bond donors (Lipinski definition) is 0. The molecule has 2 heteroatoms. The predicted molar refractivity (Wildman–Crippen MR) is 64.2 cm³/mol. The minimum absolute atomic E-state index is 0.198. The predicted octanol–water partition coefficient (Wildman–Crippen LogP) is 3.89. The van der Waals surface area contributed by atoms with Crippen LogP contribution in [0.1, 0.15) is 32.3 Å². The van der Waals surface area contributed by atoms with E-state index < -0.39 is 0 Å². The molecule has 82 valence electrons. The SMILES string of the molecule is CCC(CC)C(=O)Cc1cccc(Cl)c1. The first-order chi connectivity index (χ1) is 7.17. The fourth-order valence-electron chi connectivity index (χ4n) is 1.74. The van der Waals surface area contributed by atoms with Gasteiger partial charge in [-0.3, -0.25) is 4.79 Å². The van der Waals surface area contributed by atoms with Crippen molar-refractivity contribution in [3.05, 3.63) is 34.9 Å². The maximum atomic E-state index is 11.8. The molecule has 0 aliphatic carbocycles. The Kier molecular flexibility index (Phi) is 4.83. The van der Waals surface area contributed by atoms with Crippen LogP contribution in [-0.2, 0) is 11.2 Å². The Hall–Kier alpha value is -0.820. The number of ketones is 1. The first-order valence-electron chi connectivity index (χ1n) is 5.44. The Morgan fingerprint density at radius 1 is 1.33 bits per heavy atom. The average Bonchev–Trinajstić information content (AvgIpc) is 2.19. The molecule has 1 aromatic carbocycles. The van der Waals surface area contributed by atoms with Gasteiger partial charge in [0, 0.05) is 17.4 Å². The van der Waals surface area contributed by atoms with E-state index in [-0.39, 0.29) is 5.92 Å². The summed E-state index contributed by atoms with van der Waals surface area (Å²) in [5.41, 5.74) is 1.01. The Balaban J connectivity index is 2.65. The molecule has 0 atom stereocenters. The molecule has 0 radical (unpaired) electrons. The van der Waals surface area contributed by atoms with Crippen LogP contribution < -0.4 is 0 Å². The highest BCUT2D eigenvalue weighted by atomic mass is 35.5. The maximum Gasteiger partial charge on any atom is 0.140 e. The van der Waals surface area contributed by atoms with E-state index in [4.69, 9.17) is 11.6 Å². The van der Waals surface area contributed by atoms with Crippen molar-refractivity contribution in [1.29, 1.82) is 0 Å². The molecule has 0 spiro atoms. The Morgan fingerprint density at radius 2 is 2.00 bits per heavy atom. The van der Waals surface area contributed by atoms with E-state index in [1.807, 2.05) is 24.3 Å². The molecule has 0 unspecified atom stereocenters. The molecule has 1 nitrogen and oxygen atoms in total. The molecule has 0 aliphatic rings. The van der Waals surface area contributed by atoms with Gasteiger partial charge in [0.1, 0.15) is 5.78 Å². The zero-order chi connectivity index (χ0) is 11.3. The fourth-order valence-corrected chi connectivity index (χ4v) is 1.95. The second-order valence-electron chi connectivity index (χ2n) is 3.79. The monoisotopic (exact) mass is 224 g/mol. The smallest absolute Gasteiger partial charge is 0.140 e. The van der Waals surface area contributed by atoms with Crippen molar-refractivity contribution < 1.29 is 4.79 Å². The van der Waals surface area contributed by atoms with Crippen LogP contribution in [-0.4, -0.2) is 5.78 Å². The molecule has 0 bridgehead atoms. The van der Waals surface area contributed by atoms with Crippen LogP contribution in [0.25, 0.3) is 0 Å². The second kappa shape index (κ2) is 5.92. The Bertz CT molecular complexity index is 329. The summed E-state index contributed by atoms with van der Waals surface area (Å²) in [7, 11) is 0. The molecule has 0 aromatic heterocycles. The van der Waals surface area contributed by atoms with Gasteiger partial charge in [0.05, 0.1) is 0 Å². The van der Waals surface area contributed by atoms with Gasteiger partial charge in [-0.15, -0.1) is 0 Å². The summed E-state index contributed by atoms with van der Waals surface area (Å²) in [4.78, 5) is 11.8. The lowest BCUT2D eigenvalue weighted by atomic mass is 9.93. The lowest BCUT2D eigenvalue weighted by Gasteiger charge is -2.10. The number of benzene rings is 1. The van der Waals surface area contributed by atoms with E-state index in [0.717, 1.165) is 18.4 Å². The number of rotatable bonds is 5. The van der Waals surface area contributed by atoms with Gasteiger partial charge in [0.15, 0.2) is 0 Å². The summed E-state index contributed by atoms with van der Waals surface area (Å²) in [5.74, 6) is 0.520. The molecule has 0 aliphatic heterocycles. The summed E-state index contributed by atoms with van der Waals surface area (Å²) in [6, 6.07) is 7.53. The van der Waals surface area contributed by atoms with Crippen molar-refractivity contribution in [3.63, 3.8) is 0 Å². The first-order valence-corrected chi connectivity index (χ1v) is 5.82. The van der Waals surface area contributed by atoms with E-state index in [0.29, 0.717) is 17.2 Å². The van der Waals surface area contributed by atoms with Crippen molar-refractivity contribution in [2.45, 2.75) is 33.1 Å². The molecule has 0 N–H and O–H groups in total. The summed E-state index contributed by atoms with van der Waals surface area (Å²) in [6.45, 7) is 4.12. The summed E-state index contributed by atoms with van der Waals surface area (Å²) < 4.78 is 0. The minimum atomic E-state index is 0.198. The Morgan fingerprint density at radius 3 is 2.53 bits per heavy atom. The zero-order valence-electron chi connectivity index (χ0n) is 9.29. The normalized spacial score (nSPS) is 10.7. The molecular formula is C13H17ClO. The van der Waals surface area contributed by atoms with E-state index in [1.54, 1.807) is 0 Å². The van der Waals surface area contributed by atoms with E-state index >= 15 is 0 Å². The summed E-state index contributed by atoms with van der Waals surface area (Å²) in [5, 5.41) is 0.699. The molecule has 0 heterocycles. The molecule has 1 aromatic rings. The van der Waals surface area contributed by atoms with Gasteiger partial charge in [0.25, 0.3) is 0 Å². The quantitative estimate of drug-likeness (QED) is 0.742. The van der Waals surface area contributed by atoms with Gasteiger partial charge in [-0.25, -0.2) is 0 Å². The van der Waals surface area contributed by atoms with Crippen molar-refractivity contribution in [3.8, 4) is 0 Å². The van der Waals surface area contributed by atoms with Crippen LogP contribution in [0.15, 0.2) is 24.3 Å². The topological polar surface area (TPSA) is 17.1 Å². The van der Waals surface area contributed by atoms with Gasteiger partial charge in [-0.2, -0.15) is 0 Å². The van der Waals surface area contributed by atoms with E-state index in [2.05, 4.69) is 13.8 Å². The number of carbonyl (C=O) groups is 1. The van der Waals surface area contributed by atoms with E-state index in [1.165, 1.54) is 0 Å². The average molecular weight is 225 g/mol. The van der Waals surface area contributed by atoms with Crippen LogP contribution >= 0.6 is 11.6 Å². The van der Waals surface area contributed by atoms with Crippen LogP contribution in [0.5, 0.6) is 0 Å². The van der Waals surface area contributed by atoms with Crippen LogP contribution in [0.2, 0.25) is 5.02 Å². The Labute approximate surface area is 96.5 Å². The van der Waals surface area contributed by atoms with Crippen molar-refractivity contribution in [2.75, 3.05) is 0 Å². The highest BCUT2D eigenvalue weighted by Gasteiger charge is 2.14. The van der Waals surface area contributed by atoms with Gasteiger partial charge in [-0.05, 0) is 30.5 Å². The number of halogens is 1. The number of hydrogen-bond acceptors (Lipinski definition) is 1. The van der Waals surface area contributed by atoms with Crippen molar-refractivity contribution in [1.82, 2.24) is 0 Å².